The highest BCUT2D eigenvalue weighted by Crippen LogP contribution is 2.49. The summed E-state index contributed by atoms with van der Waals surface area (Å²) in [5, 5.41) is 18.5. The van der Waals surface area contributed by atoms with Crippen LogP contribution in [0.1, 0.15) is 61.8 Å². The van der Waals surface area contributed by atoms with Crippen molar-refractivity contribution in [3.05, 3.63) is 59.2 Å². The van der Waals surface area contributed by atoms with Gasteiger partial charge in [0.2, 0.25) is 5.67 Å². The molecule has 4 aromatic rings. The summed E-state index contributed by atoms with van der Waals surface area (Å²) in [6, 6.07) is 9.09. The van der Waals surface area contributed by atoms with Crippen molar-refractivity contribution in [1.29, 1.82) is 0 Å². The van der Waals surface area contributed by atoms with Gasteiger partial charge in [-0.25, -0.2) is 13.6 Å². The van der Waals surface area contributed by atoms with Gasteiger partial charge in [-0.2, -0.15) is 5.10 Å². The maximum atomic E-state index is 15.1. The Kier molecular flexibility index (Phi) is 4.62. The van der Waals surface area contributed by atoms with E-state index in [0.717, 1.165) is 38.8 Å². The van der Waals surface area contributed by atoms with Gasteiger partial charge in [0.1, 0.15) is 5.82 Å². The highest BCUT2D eigenvalue weighted by Gasteiger charge is 2.47. The zero-order chi connectivity index (χ0) is 22.8. The topological polar surface area (TPSA) is 70.9 Å². The number of aliphatic carboxylic acids is 1. The summed E-state index contributed by atoms with van der Waals surface area (Å²) in [4.78, 5) is 11.6. The number of rotatable bonds is 4. The Morgan fingerprint density at radius 1 is 1.31 bits per heavy atom. The second-order valence-electron chi connectivity index (χ2n) is 9.26. The molecule has 0 amide bonds. The molecule has 2 aromatic carbocycles. The summed E-state index contributed by atoms with van der Waals surface area (Å²) in [6.07, 6.45) is 2.16. The number of hydrogen-bond acceptors (Lipinski definition) is 2. The molecule has 0 aliphatic heterocycles. The number of carboxylic acids is 1. The maximum absolute atomic E-state index is 15.1. The first-order valence-corrected chi connectivity index (χ1v) is 10.9. The van der Waals surface area contributed by atoms with Crippen molar-refractivity contribution >= 4 is 27.8 Å². The Morgan fingerprint density at radius 3 is 2.75 bits per heavy atom. The lowest BCUT2D eigenvalue weighted by molar-refractivity contribution is -0.150. The molecule has 2 atom stereocenters. The number of nitrogens with zero attached hydrogens (tertiary/aromatic N) is 2. The molecule has 1 fully saturated rings. The molecule has 166 valence electrons. The minimum absolute atomic E-state index is 0.000827. The van der Waals surface area contributed by atoms with E-state index in [-0.39, 0.29) is 30.5 Å². The number of halogens is 2. The zero-order valence-electron chi connectivity index (χ0n) is 18.2. The molecule has 0 spiro atoms. The van der Waals surface area contributed by atoms with Crippen molar-refractivity contribution in [3.8, 4) is 5.69 Å². The number of nitrogens with one attached hydrogen (secondary N) is 1. The number of aromatic nitrogens is 3. The average molecular weight is 437 g/mol. The Bertz CT molecular complexity index is 1370. The van der Waals surface area contributed by atoms with E-state index < -0.39 is 11.6 Å². The lowest BCUT2D eigenvalue weighted by Crippen LogP contribution is -2.30. The van der Waals surface area contributed by atoms with Crippen molar-refractivity contribution in [2.24, 2.45) is 0 Å². The second kappa shape index (κ2) is 7.15. The number of aryl methyl sites for hydroxylation is 1. The predicted molar refractivity (Wildman–Crippen MR) is 120 cm³/mol. The highest BCUT2D eigenvalue weighted by molar-refractivity contribution is 5.99. The number of aromatic amines is 1. The molecule has 2 N–H and O–H groups in total. The molecule has 2 heterocycles. The van der Waals surface area contributed by atoms with E-state index in [1.807, 2.05) is 18.2 Å². The van der Waals surface area contributed by atoms with Crippen LogP contribution in [0, 0.1) is 12.7 Å². The third kappa shape index (κ3) is 3.02. The molecule has 0 radical (unpaired) electrons. The molecule has 5 rings (SSSR count). The maximum Gasteiger partial charge on any atom is 0.341 e. The molecule has 7 heteroatoms. The number of carboxylic acid groups (broad SMARTS) is 1. The van der Waals surface area contributed by atoms with E-state index >= 15 is 4.39 Å². The van der Waals surface area contributed by atoms with Crippen LogP contribution in [0.15, 0.2) is 36.5 Å². The smallest absolute Gasteiger partial charge is 0.341 e. The molecule has 1 aliphatic carbocycles. The summed E-state index contributed by atoms with van der Waals surface area (Å²) >= 11 is 0. The van der Waals surface area contributed by atoms with Crippen LogP contribution >= 0.6 is 0 Å². The molecule has 0 saturated heterocycles. The van der Waals surface area contributed by atoms with Gasteiger partial charge in [-0.1, -0.05) is 13.8 Å². The van der Waals surface area contributed by atoms with Gasteiger partial charge in [-0.05, 0) is 79.5 Å². The third-order valence-corrected chi connectivity index (χ3v) is 6.80. The van der Waals surface area contributed by atoms with Crippen LogP contribution in [0.5, 0.6) is 0 Å². The second-order valence-corrected chi connectivity index (χ2v) is 9.26. The fourth-order valence-corrected chi connectivity index (χ4v) is 5.25. The summed E-state index contributed by atoms with van der Waals surface area (Å²) < 4.78 is 31.2. The number of benzene rings is 2. The Hall–Kier alpha value is -3.22. The van der Waals surface area contributed by atoms with Gasteiger partial charge in [0, 0.05) is 22.2 Å². The predicted octanol–water partition coefficient (Wildman–Crippen LogP) is 6.14. The van der Waals surface area contributed by atoms with Gasteiger partial charge in [0.15, 0.2) is 0 Å². The van der Waals surface area contributed by atoms with Crippen molar-refractivity contribution in [2.45, 2.75) is 57.5 Å². The molecular formula is C25H25F2N3O2. The van der Waals surface area contributed by atoms with E-state index in [2.05, 4.69) is 28.6 Å². The first kappa shape index (κ1) is 20.7. The Balaban J connectivity index is 1.84. The summed E-state index contributed by atoms with van der Waals surface area (Å²) in [5.74, 6) is -1.80. The number of alkyl halides is 1. The van der Waals surface area contributed by atoms with Crippen molar-refractivity contribution < 1.29 is 18.7 Å². The largest absolute Gasteiger partial charge is 0.479 e. The molecule has 1 unspecified atom stereocenters. The fraction of sp³-hybridized carbons (Fsp3) is 0.360. The van der Waals surface area contributed by atoms with E-state index in [9.17, 15) is 14.3 Å². The first-order chi connectivity index (χ1) is 15.2. The number of H-pyrrole nitrogens is 1. The molecule has 1 aliphatic rings. The molecule has 32 heavy (non-hydrogen) atoms. The van der Waals surface area contributed by atoms with Crippen LogP contribution in [0.3, 0.4) is 0 Å². The van der Waals surface area contributed by atoms with E-state index in [0.29, 0.717) is 12.0 Å². The fourth-order valence-electron chi connectivity index (χ4n) is 5.25. The summed E-state index contributed by atoms with van der Waals surface area (Å²) in [6.45, 7) is 5.88. The zero-order valence-corrected chi connectivity index (χ0v) is 18.2. The molecular weight excluding hydrogens is 412 g/mol. The van der Waals surface area contributed by atoms with Crippen LogP contribution in [0.4, 0.5) is 8.78 Å². The number of fused-ring (bicyclic) bond motifs is 2. The van der Waals surface area contributed by atoms with Crippen molar-refractivity contribution in [2.75, 3.05) is 0 Å². The lowest BCUT2D eigenvalue weighted by atomic mass is 9.89. The van der Waals surface area contributed by atoms with Crippen LogP contribution in [0.25, 0.3) is 27.5 Å². The van der Waals surface area contributed by atoms with Crippen LogP contribution in [-0.4, -0.2) is 31.5 Å². The molecule has 1 saturated carbocycles. The first-order valence-electron chi connectivity index (χ1n) is 10.9. The van der Waals surface area contributed by atoms with Gasteiger partial charge in [-0.15, -0.1) is 0 Å². The van der Waals surface area contributed by atoms with Crippen molar-refractivity contribution in [1.82, 2.24) is 14.8 Å². The molecule has 2 aromatic heterocycles. The van der Waals surface area contributed by atoms with Crippen LogP contribution < -0.4 is 0 Å². The average Bonchev–Trinajstić information content (AvgIpc) is 3.43. The van der Waals surface area contributed by atoms with Crippen molar-refractivity contribution in [3.63, 3.8) is 0 Å². The number of carbonyl (C=O) groups is 1. The van der Waals surface area contributed by atoms with E-state index in [4.69, 9.17) is 0 Å². The minimum atomic E-state index is -2.21. The van der Waals surface area contributed by atoms with Gasteiger partial charge >= 0.3 is 5.97 Å². The van der Waals surface area contributed by atoms with E-state index in [1.165, 1.54) is 6.07 Å². The van der Waals surface area contributed by atoms with Gasteiger partial charge in [0.25, 0.3) is 0 Å². The third-order valence-electron chi connectivity index (χ3n) is 6.80. The van der Waals surface area contributed by atoms with Gasteiger partial charge < -0.3 is 9.67 Å². The SMILES string of the molecule is Cc1cc(-n2c(C(C)C)c(C3CC[C@@](F)(C(=O)O)C3)c3cc4[nH]ncc4cc32)ccc1F. The summed E-state index contributed by atoms with van der Waals surface area (Å²) in [7, 11) is 0. The van der Waals surface area contributed by atoms with Crippen LogP contribution in [-0.2, 0) is 4.79 Å². The molecule has 5 nitrogen and oxygen atoms in total. The Labute approximate surface area is 184 Å². The van der Waals surface area contributed by atoms with Gasteiger partial charge in [-0.3, -0.25) is 5.10 Å². The van der Waals surface area contributed by atoms with E-state index in [1.54, 1.807) is 19.2 Å². The summed E-state index contributed by atoms with van der Waals surface area (Å²) in [5.41, 5.74) is 2.94. The standard InChI is InChI=1S/C25H25F2N3O2/c1-13(2)23-22(15-6-7-25(27,11-15)24(31)32)18-10-20-16(12-28-29-20)9-21(18)30(23)17-4-5-19(26)14(3)8-17/h4-5,8-10,12-13,15H,6-7,11H2,1-3H3,(H,28,29)(H,31,32)/t15?,25-/m0/s1. The lowest BCUT2D eigenvalue weighted by Gasteiger charge is -2.19. The van der Waals surface area contributed by atoms with Crippen LogP contribution in [0.2, 0.25) is 0 Å². The highest BCUT2D eigenvalue weighted by atomic mass is 19.1. The monoisotopic (exact) mass is 437 g/mol. The Morgan fingerprint density at radius 2 is 2.09 bits per heavy atom. The normalized spacial score (nSPS) is 21.2. The molecule has 0 bridgehead atoms. The minimum Gasteiger partial charge on any atom is -0.479 e. The quantitative estimate of drug-likeness (QED) is 0.403. The number of hydrogen-bond donors (Lipinski definition) is 2. The van der Waals surface area contributed by atoms with Gasteiger partial charge in [0.05, 0.1) is 17.2 Å².